The van der Waals surface area contributed by atoms with Crippen molar-refractivity contribution in [2.45, 2.75) is 0 Å². The highest BCUT2D eigenvalue weighted by Gasteiger charge is 2.45. The van der Waals surface area contributed by atoms with E-state index in [0.29, 0.717) is 0 Å². The summed E-state index contributed by atoms with van der Waals surface area (Å²) < 4.78 is 0. The molecule has 0 radical (unpaired) electrons. The molecule has 0 amide bonds. The van der Waals surface area contributed by atoms with Gasteiger partial charge in [0, 0.05) is 78.6 Å². The number of hydrogen-bond acceptors (Lipinski definition) is 4. The van der Waals surface area contributed by atoms with E-state index in [2.05, 4.69) is 300 Å². The van der Waals surface area contributed by atoms with Gasteiger partial charge in [-0.1, -0.05) is 218 Å². The molecule has 0 saturated carbocycles. The lowest BCUT2D eigenvalue weighted by molar-refractivity contribution is 1.31. The molecule has 0 spiro atoms. The zero-order valence-corrected chi connectivity index (χ0v) is 45.7. The quantitative estimate of drug-likeness (QED) is 0.164. The maximum absolute atomic E-state index is 5.80. The van der Waals surface area contributed by atoms with E-state index in [1.54, 1.807) is 0 Å². The Labute approximate surface area is 489 Å². The molecule has 13 aromatic rings. The third-order valence-corrected chi connectivity index (χ3v) is 19.1. The standard InChI is InChI=1S/C77H47B3N4/c1-10-28-64-52(19-1)55-22-4-13-31-72(55)82-75-34-16-7-25-58(75)61-43-48(37-40-67(61)78(64)82)51-46-70(49-38-41-68-62(44-49)59-26-8-17-35-76(59)83-73-32-14-5-23-56(73)53-20-2-11-29-65(53)79(68)83)81-71(47-51)50-39-42-69-63(45-50)60-27-9-18-36-77(60)84-74-33-15-6-24-57(74)54-21-3-12-30-66(54)80(69)84/h1-47H. The minimum absolute atomic E-state index is 0.00252. The summed E-state index contributed by atoms with van der Waals surface area (Å²) in [6.45, 7) is 0.0156. The van der Waals surface area contributed by atoms with Crippen molar-refractivity contribution in [3.05, 3.63) is 285 Å². The fourth-order valence-electron chi connectivity index (χ4n) is 15.5. The molecule has 6 aliphatic heterocycles. The van der Waals surface area contributed by atoms with Gasteiger partial charge in [-0.2, -0.15) is 0 Å². The molecule has 1 aromatic heterocycles. The van der Waals surface area contributed by atoms with Crippen molar-refractivity contribution in [1.29, 1.82) is 0 Å². The lowest BCUT2D eigenvalue weighted by atomic mass is 9.43. The molecule has 384 valence electrons. The maximum Gasteiger partial charge on any atom is 0.329 e. The molecular formula is C77H47B3N4. The topological polar surface area (TPSA) is 22.6 Å². The van der Waals surface area contributed by atoms with Gasteiger partial charge in [-0.15, -0.1) is 0 Å². The van der Waals surface area contributed by atoms with Crippen LogP contribution < -0.4 is 47.2 Å². The van der Waals surface area contributed by atoms with E-state index in [4.69, 9.17) is 4.98 Å². The molecule has 12 aromatic carbocycles. The fourth-order valence-corrected chi connectivity index (χ4v) is 15.5. The highest BCUT2D eigenvalue weighted by atomic mass is 15.1. The molecule has 7 heterocycles. The number of anilines is 6. The van der Waals surface area contributed by atoms with E-state index < -0.39 is 0 Å². The van der Waals surface area contributed by atoms with Crippen molar-refractivity contribution in [3.63, 3.8) is 0 Å². The summed E-state index contributed by atoms with van der Waals surface area (Å²) in [6, 6.07) is 107. The van der Waals surface area contributed by atoms with Crippen LogP contribution in [0.4, 0.5) is 34.1 Å². The van der Waals surface area contributed by atoms with E-state index in [-0.39, 0.29) is 20.5 Å². The summed E-state index contributed by atoms with van der Waals surface area (Å²) in [4.78, 5) is 13.5. The first-order valence-electron chi connectivity index (χ1n) is 29.4. The van der Waals surface area contributed by atoms with Crippen LogP contribution in [0.5, 0.6) is 0 Å². The second-order valence-corrected chi connectivity index (χ2v) is 23.2. The van der Waals surface area contributed by atoms with Crippen molar-refractivity contribution in [3.8, 4) is 100 Å². The van der Waals surface area contributed by atoms with Gasteiger partial charge in [-0.3, -0.25) is 0 Å². The third kappa shape index (κ3) is 6.38. The number of hydrogen-bond donors (Lipinski definition) is 0. The molecule has 84 heavy (non-hydrogen) atoms. The van der Waals surface area contributed by atoms with Gasteiger partial charge in [0.15, 0.2) is 0 Å². The van der Waals surface area contributed by atoms with Gasteiger partial charge in [0.25, 0.3) is 0 Å². The Balaban J connectivity index is 0.815. The van der Waals surface area contributed by atoms with Crippen LogP contribution >= 0.6 is 0 Å². The molecule has 0 fully saturated rings. The summed E-state index contributed by atoms with van der Waals surface area (Å²) in [5, 5.41) is 0. The molecule has 7 heteroatoms. The molecule has 0 atom stereocenters. The number of fused-ring (bicyclic) bond motifs is 33. The number of rotatable bonds is 3. The van der Waals surface area contributed by atoms with Crippen LogP contribution in [0.3, 0.4) is 0 Å². The van der Waals surface area contributed by atoms with Gasteiger partial charge in [0.05, 0.1) is 11.4 Å². The summed E-state index contributed by atoms with van der Waals surface area (Å²) in [6.07, 6.45) is 0. The fraction of sp³-hybridized carbons (Fsp3) is 0. The second kappa shape index (κ2) is 17.5. The highest BCUT2D eigenvalue weighted by molar-refractivity contribution is 6.94. The SMILES string of the molecule is c1ccc2c(c1)B1c3ccc(-c4cc(-c5ccc6c(c5)-c5ccccc5N5B6c6ccccc6-c6ccccc65)nc(-c5ccc6c(c5)-c5ccccc5N5B6c6ccccc6-c6ccccc65)c4)cc3-c3ccccc3N1c1ccccc1-2. The number of para-hydroxylation sites is 6. The first-order chi connectivity index (χ1) is 41.7. The summed E-state index contributed by atoms with van der Waals surface area (Å²) in [5.41, 5.74) is 36.6. The minimum Gasteiger partial charge on any atom is -0.376 e. The zero-order chi connectivity index (χ0) is 54.7. The first-order valence-corrected chi connectivity index (χ1v) is 29.4. The van der Waals surface area contributed by atoms with Crippen LogP contribution in [-0.2, 0) is 0 Å². The number of benzene rings is 12. The molecule has 4 nitrogen and oxygen atoms in total. The lowest BCUT2D eigenvalue weighted by Gasteiger charge is -2.43. The van der Waals surface area contributed by atoms with E-state index in [1.165, 1.54) is 134 Å². The summed E-state index contributed by atoms with van der Waals surface area (Å²) in [5.74, 6) is 0. The van der Waals surface area contributed by atoms with Crippen molar-refractivity contribution in [2.24, 2.45) is 0 Å². The molecule has 0 saturated heterocycles. The second-order valence-electron chi connectivity index (χ2n) is 23.2. The predicted molar refractivity (Wildman–Crippen MR) is 354 cm³/mol. The first kappa shape index (κ1) is 46.0. The molecule has 0 aliphatic carbocycles. The van der Waals surface area contributed by atoms with E-state index in [0.717, 1.165) is 33.6 Å². The van der Waals surface area contributed by atoms with E-state index in [1.807, 2.05) is 0 Å². The highest BCUT2D eigenvalue weighted by Crippen LogP contribution is 2.50. The molecule has 0 unspecified atom stereocenters. The normalized spacial score (nSPS) is 13.6. The van der Waals surface area contributed by atoms with E-state index >= 15 is 0 Å². The van der Waals surface area contributed by atoms with Crippen LogP contribution in [0.2, 0.25) is 0 Å². The molecule has 19 rings (SSSR count). The minimum atomic E-state index is 0.00252. The van der Waals surface area contributed by atoms with Crippen LogP contribution in [0.1, 0.15) is 0 Å². The maximum atomic E-state index is 5.80. The Kier molecular flexibility index (Phi) is 9.57. The van der Waals surface area contributed by atoms with Crippen molar-refractivity contribution >= 4 is 87.4 Å². The molecule has 6 aliphatic rings. The molecule has 0 bridgehead atoms. The smallest absolute Gasteiger partial charge is 0.329 e. The third-order valence-electron chi connectivity index (χ3n) is 19.1. The van der Waals surface area contributed by atoms with Gasteiger partial charge < -0.3 is 14.4 Å². The van der Waals surface area contributed by atoms with Crippen molar-refractivity contribution < 1.29 is 0 Å². The molecule has 0 N–H and O–H groups in total. The Morgan fingerprint density at radius 1 is 0.190 bits per heavy atom. The number of nitrogens with zero attached hydrogens (tertiary/aromatic N) is 4. The number of aromatic nitrogens is 1. The van der Waals surface area contributed by atoms with Gasteiger partial charge >= 0.3 is 20.5 Å². The summed E-state index contributed by atoms with van der Waals surface area (Å²) >= 11 is 0. The average Bonchev–Trinajstić information content (AvgIpc) is 2.49. The lowest BCUT2D eigenvalue weighted by Crippen LogP contribution is -2.59. The molecular weight excluding hydrogens is 1010 g/mol. The van der Waals surface area contributed by atoms with Gasteiger partial charge in [-0.05, 0) is 144 Å². The average molecular weight is 1060 g/mol. The Hall–Kier alpha value is -10.6. The number of pyridine rings is 1. The van der Waals surface area contributed by atoms with Crippen molar-refractivity contribution in [2.75, 3.05) is 14.4 Å². The van der Waals surface area contributed by atoms with Crippen LogP contribution in [0, 0.1) is 0 Å². The Morgan fingerprint density at radius 2 is 0.429 bits per heavy atom. The zero-order valence-electron chi connectivity index (χ0n) is 45.7. The van der Waals surface area contributed by atoms with Crippen LogP contribution in [0.25, 0.3) is 100 Å². The largest absolute Gasteiger partial charge is 0.376 e. The van der Waals surface area contributed by atoms with Gasteiger partial charge in [-0.25, -0.2) is 4.98 Å². The predicted octanol–water partition coefficient (Wildman–Crippen LogP) is 14.8. The van der Waals surface area contributed by atoms with Gasteiger partial charge in [0.2, 0.25) is 0 Å². The summed E-state index contributed by atoms with van der Waals surface area (Å²) in [7, 11) is 0. The van der Waals surface area contributed by atoms with Crippen LogP contribution in [-0.4, -0.2) is 25.5 Å². The Bertz CT molecular complexity index is 4500. The van der Waals surface area contributed by atoms with Crippen molar-refractivity contribution in [1.82, 2.24) is 4.98 Å². The van der Waals surface area contributed by atoms with Crippen LogP contribution in [0.15, 0.2) is 285 Å². The van der Waals surface area contributed by atoms with Gasteiger partial charge in [0.1, 0.15) is 0 Å². The van der Waals surface area contributed by atoms with E-state index in [9.17, 15) is 0 Å². The monoisotopic (exact) mass is 1060 g/mol. The Morgan fingerprint density at radius 3 is 0.750 bits per heavy atom.